The Morgan fingerprint density at radius 2 is 2.04 bits per heavy atom. The van der Waals surface area contributed by atoms with Gasteiger partial charge in [-0.25, -0.2) is 4.39 Å². The summed E-state index contributed by atoms with van der Waals surface area (Å²) in [6.07, 6.45) is 0. The zero-order chi connectivity index (χ0) is 16.0. The van der Waals surface area contributed by atoms with Crippen molar-refractivity contribution in [3.63, 3.8) is 0 Å². The molecule has 7 heteroatoms. The first-order valence-electron chi connectivity index (χ1n) is 6.85. The highest BCUT2D eigenvalue weighted by atomic mass is 32.1. The van der Waals surface area contributed by atoms with Gasteiger partial charge in [-0.3, -0.25) is 4.79 Å². The summed E-state index contributed by atoms with van der Waals surface area (Å²) >= 11 is 1.36. The summed E-state index contributed by atoms with van der Waals surface area (Å²) in [5.41, 5.74) is 1.11. The lowest BCUT2D eigenvalue weighted by atomic mass is 10.2. The first-order chi connectivity index (χ1) is 11.1. The van der Waals surface area contributed by atoms with Crippen molar-refractivity contribution in [2.24, 2.45) is 12.0 Å². The summed E-state index contributed by atoms with van der Waals surface area (Å²) in [7, 11) is 1.82. The topological polar surface area (TPSA) is 52.8 Å². The van der Waals surface area contributed by atoms with E-state index in [1.165, 1.54) is 29.5 Å². The Balaban J connectivity index is 1.82. The minimum atomic E-state index is -0.480. The number of amides is 1. The predicted molar refractivity (Wildman–Crippen MR) is 83.2 cm³/mol. The summed E-state index contributed by atoms with van der Waals surface area (Å²) in [6, 6.07) is 9.22. The minimum absolute atomic E-state index is 0.214. The molecule has 2 heterocycles. The molecule has 4 rings (SSSR count). The van der Waals surface area contributed by atoms with E-state index in [1.807, 2.05) is 19.2 Å². The van der Waals surface area contributed by atoms with E-state index in [2.05, 4.69) is 4.99 Å². The van der Waals surface area contributed by atoms with Crippen LogP contribution in [0, 0.1) is 5.82 Å². The zero-order valence-electron chi connectivity index (χ0n) is 12.1. The van der Waals surface area contributed by atoms with Crippen LogP contribution in [-0.2, 0) is 7.05 Å². The summed E-state index contributed by atoms with van der Waals surface area (Å²) < 4.78 is 26.7. The minimum Gasteiger partial charge on any atom is -0.454 e. The molecule has 23 heavy (non-hydrogen) atoms. The molecule has 0 radical (unpaired) electrons. The first-order valence-corrected chi connectivity index (χ1v) is 7.67. The van der Waals surface area contributed by atoms with Crippen LogP contribution in [0.4, 0.5) is 4.39 Å². The second kappa shape index (κ2) is 5.20. The number of aromatic nitrogens is 1. The molecule has 0 N–H and O–H groups in total. The molecule has 1 amide bonds. The molecule has 0 atom stereocenters. The average molecular weight is 330 g/mol. The standard InChI is InChI=1S/C16H11FN2O3S/c1-19-11-6-12-13(22-8-21-12)7-14(11)23-16(19)18-15(20)9-3-2-4-10(17)5-9/h2-7H,8H2,1H3. The molecule has 2 aromatic carbocycles. The van der Waals surface area contributed by atoms with Crippen molar-refractivity contribution in [1.29, 1.82) is 0 Å². The van der Waals surface area contributed by atoms with Gasteiger partial charge in [-0.05, 0) is 18.2 Å². The molecular weight excluding hydrogens is 319 g/mol. The molecule has 0 fully saturated rings. The number of ether oxygens (including phenoxy) is 2. The van der Waals surface area contributed by atoms with Crippen LogP contribution < -0.4 is 14.3 Å². The van der Waals surface area contributed by atoms with Crippen LogP contribution in [0.3, 0.4) is 0 Å². The smallest absolute Gasteiger partial charge is 0.279 e. The van der Waals surface area contributed by atoms with Crippen LogP contribution in [0.1, 0.15) is 10.4 Å². The summed E-state index contributed by atoms with van der Waals surface area (Å²) in [6.45, 7) is 0.214. The number of halogens is 1. The number of fused-ring (bicyclic) bond motifs is 2. The fraction of sp³-hybridized carbons (Fsp3) is 0.125. The number of benzene rings is 2. The van der Waals surface area contributed by atoms with E-state index in [9.17, 15) is 9.18 Å². The van der Waals surface area contributed by atoms with Crippen LogP contribution >= 0.6 is 11.3 Å². The van der Waals surface area contributed by atoms with Crippen LogP contribution in [0.25, 0.3) is 10.2 Å². The molecule has 5 nitrogen and oxygen atoms in total. The number of hydrogen-bond donors (Lipinski definition) is 0. The molecule has 1 aliphatic rings. The Bertz CT molecular complexity index is 1010. The van der Waals surface area contributed by atoms with Crippen LogP contribution in [0.15, 0.2) is 41.4 Å². The summed E-state index contributed by atoms with van der Waals surface area (Å²) in [4.78, 5) is 16.8. The number of thiazole rings is 1. The van der Waals surface area contributed by atoms with Crippen molar-refractivity contribution in [3.8, 4) is 11.5 Å². The van der Waals surface area contributed by atoms with Gasteiger partial charge in [0.1, 0.15) is 5.82 Å². The van der Waals surface area contributed by atoms with Crippen molar-refractivity contribution in [2.45, 2.75) is 0 Å². The molecule has 0 aliphatic carbocycles. The highest BCUT2D eigenvalue weighted by Crippen LogP contribution is 2.36. The largest absolute Gasteiger partial charge is 0.454 e. The van der Waals surface area contributed by atoms with Crippen molar-refractivity contribution >= 4 is 27.5 Å². The van der Waals surface area contributed by atoms with Gasteiger partial charge in [0.15, 0.2) is 16.3 Å². The fourth-order valence-corrected chi connectivity index (χ4v) is 3.42. The second-order valence-electron chi connectivity index (χ2n) is 5.04. The number of hydrogen-bond acceptors (Lipinski definition) is 4. The number of carbonyl (C=O) groups is 1. The third-order valence-electron chi connectivity index (χ3n) is 3.57. The fourth-order valence-electron chi connectivity index (χ4n) is 2.40. The molecule has 0 bridgehead atoms. The van der Waals surface area contributed by atoms with Crippen molar-refractivity contribution in [1.82, 2.24) is 4.57 Å². The van der Waals surface area contributed by atoms with E-state index in [4.69, 9.17) is 9.47 Å². The predicted octanol–water partition coefficient (Wildman–Crippen LogP) is 2.85. The molecule has 0 unspecified atom stereocenters. The number of aryl methyl sites for hydroxylation is 1. The Morgan fingerprint density at radius 3 is 2.83 bits per heavy atom. The summed E-state index contributed by atoms with van der Waals surface area (Å²) in [5.74, 6) is 0.417. The number of rotatable bonds is 1. The lowest BCUT2D eigenvalue weighted by Gasteiger charge is -1.98. The molecule has 1 aromatic heterocycles. The van der Waals surface area contributed by atoms with E-state index in [-0.39, 0.29) is 12.4 Å². The number of nitrogens with zero attached hydrogens (tertiary/aromatic N) is 2. The molecule has 0 saturated carbocycles. The highest BCUT2D eigenvalue weighted by molar-refractivity contribution is 7.16. The third-order valence-corrected chi connectivity index (χ3v) is 4.67. The third kappa shape index (κ3) is 2.39. The Morgan fingerprint density at radius 1 is 1.26 bits per heavy atom. The highest BCUT2D eigenvalue weighted by Gasteiger charge is 2.17. The maximum absolute atomic E-state index is 13.2. The van der Waals surface area contributed by atoms with Crippen LogP contribution in [0.5, 0.6) is 11.5 Å². The SMILES string of the molecule is Cn1c(=NC(=O)c2cccc(F)c2)sc2cc3c(cc21)OCO3. The van der Waals surface area contributed by atoms with Crippen molar-refractivity contribution < 1.29 is 18.7 Å². The van der Waals surface area contributed by atoms with E-state index in [0.29, 0.717) is 16.3 Å². The second-order valence-corrected chi connectivity index (χ2v) is 6.05. The van der Waals surface area contributed by atoms with Gasteiger partial charge in [0, 0.05) is 24.7 Å². The Hall–Kier alpha value is -2.67. The maximum atomic E-state index is 13.2. The first kappa shape index (κ1) is 14.0. The van der Waals surface area contributed by atoms with Gasteiger partial charge >= 0.3 is 0 Å². The lowest BCUT2D eigenvalue weighted by molar-refractivity contribution is 0.0997. The molecule has 0 saturated heterocycles. The zero-order valence-corrected chi connectivity index (χ0v) is 12.9. The van der Waals surface area contributed by atoms with Gasteiger partial charge in [-0.2, -0.15) is 4.99 Å². The average Bonchev–Trinajstić information content (AvgIpc) is 3.10. The molecule has 3 aromatic rings. The van der Waals surface area contributed by atoms with E-state index < -0.39 is 11.7 Å². The van der Waals surface area contributed by atoms with E-state index in [1.54, 1.807) is 10.6 Å². The normalized spacial score (nSPS) is 13.7. The summed E-state index contributed by atoms with van der Waals surface area (Å²) in [5, 5.41) is 0. The molecular formula is C16H11FN2O3S. The lowest BCUT2D eigenvalue weighted by Crippen LogP contribution is -2.13. The monoisotopic (exact) mass is 330 g/mol. The maximum Gasteiger partial charge on any atom is 0.279 e. The number of carbonyl (C=O) groups excluding carboxylic acids is 1. The van der Waals surface area contributed by atoms with Crippen molar-refractivity contribution in [2.75, 3.05) is 6.79 Å². The Kier molecular flexibility index (Phi) is 3.16. The van der Waals surface area contributed by atoms with E-state index >= 15 is 0 Å². The van der Waals surface area contributed by atoms with Gasteiger partial charge < -0.3 is 14.0 Å². The van der Waals surface area contributed by atoms with Gasteiger partial charge in [-0.1, -0.05) is 17.4 Å². The molecule has 1 aliphatic heterocycles. The van der Waals surface area contributed by atoms with Crippen molar-refractivity contribution in [3.05, 3.63) is 52.6 Å². The quantitative estimate of drug-likeness (QED) is 0.689. The molecule has 116 valence electrons. The van der Waals surface area contributed by atoms with Crippen LogP contribution in [0.2, 0.25) is 0 Å². The van der Waals surface area contributed by atoms with Gasteiger partial charge in [0.05, 0.1) is 10.2 Å². The molecule has 0 spiro atoms. The van der Waals surface area contributed by atoms with E-state index in [0.717, 1.165) is 10.2 Å². The Labute approximate surface area is 134 Å². The van der Waals surface area contributed by atoms with Gasteiger partial charge in [0.2, 0.25) is 6.79 Å². The van der Waals surface area contributed by atoms with Crippen LogP contribution in [-0.4, -0.2) is 17.3 Å². The van der Waals surface area contributed by atoms with Gasteiger partial charge in [0.25, 0.3) is 5.91 Å². The van der Waals surface area contributed by atoms with Gasteiger partial charge in [-0.15, -0.1) is 0 Å².